The molecule has 2 amide bonds. The molecule has 0 aromatic heterocycles. The van der Waals surface area contributed by atoms with Gasteiger partial charge in [0.1, 0.15) is 6.54 Å². The molecule has 0 saturated carbocycles. The minimum Gasteiger partial charge on any atom is -0.323 e. The lowest BCUT2D eigenvalue weighted by Crippen LogP contribution is -2.43. The number of nitrogens with one attached hydrogen (secondary N) is 1. The van der Waals surface area contributed by atoms with Crippen molar-refractivity contribution in [3.63, 3.8) is 0 Å². The molecule has 0 bridgehead atoms. The smallest absolute Gasteiger partial charge is 0.264 e. The number of amides is 2. The number of fused-ring (bicyclic) bond motifs is 1. The van der Waals surface area contributed by atoms with E-state index in [0.29, 0.717) is 11.4 Å². The third-order valence-electron chi connectivity index (χ3n) is 5.92. The first kappa shape index (κ1) is 23.3. The zero-order valence-corrected chi connectivity index (χ0v) is 20.1. The number of nitrogens with zero attached hydrogens (tertiary/aromatic N) is 2. The summed E-state index contributed by atoms with van der Waals surface area (Å²) in [6.45, 7) is -0.145. The van der Waals surface area contributed by atoms with E-state index in [9.17, 15) is 18.0 Å². The topological polar surface area (TPSA) is 86.8 Å². The molecule has 0 spiro atoms. The van der Waals surface area contributed by atoms with Gasteiger partial charge in [0.25, 0.3) is 15.9 Å². The molecule has 0 fully saturated rings. The molecule has 8 heteroatoms. The van der Waals surface area contributed by atoms with Crippen molar-refractivity contribution in [1.82, 2.24) is 0 Å². The maximum absolute atomic E-state index is 13.9. The molecule has 0 atom stereocenters. The Morgan fingerprint density at radius 3 is 2.17 bits per heavy atom. The van der Waals surface area contributed by atoms with E-state index in [1.807, 2.05) is 30.3 Å². The van der Waals surface area contributed by atoms with Gasteiger partial charge in [0, 0.05) is 0 Å². The fourth-order valence-electron chi connectivity index (χ4n) is 4.20. The fourth-order valence-corrected chi connectivity index (χ4v) is 5.69. The fraction of sp³-hybridized carbons (Fsp3) is 0.0714. The Morgan fingerprint density at radius 1 is 0.806 bits per heavy atom. The van der Waals surface area contributed by atoms with Crippen molar-refractivity contribution in [3.05, 3.63) is 120 Å². The van der Waals surface area contributed by atoms with E-state index in [4.69, 9.17) is 0 Å². The molecule has 0 unspecified atom stereocenters. The molecular weight excluding hydrogens is 474 g/mol. The van der Waals surface area contributed by atoms with E-state index in [1.54, 1.807) is 66.7 Å². The Morgan fingerprint density at radius 2 is 1.42 bits per heavy atom. The van der Waals surface area contributed by atoms with Crippen LogP contribution in [0.1, 0.15) is 15.9 Å². The predicted octanol–water partition coefficient (Wildman–Crippen LogP) is 4.68. The third-order valence-corrected chi connectivity index (χ3v) is 7.69. The van der Waals surface area contributed by atoms with Gasteiger partial charge in [-0.15, -0.1) is 0 Å². The summed E-state index contributed by atoms with van der Waals surface area (Å²) >= 11 is 0. The highest BCUT2D eigenvalue weighted by Crippen LogP contribution is 2.34. The number of benzene rings is 4. The van der Waals surface area contributed by atoms with Crippen LogP contribution in [0.2, 0.25) is 0 Å². The van der Waals surface area contributed by atoms with Gasteiger partial charge in [0.2, 0.25) is 5.91 Å². The van der Waals surface area contributed by atoms with Crippen molar-refractivity contribution in [1.29, 1.82) is 0 Å². The van der Waals surface area contributed by atoms with Gasteiger partial charge in [0.15, 0.2) is 0 Å². The lowest BCUT2D eigenvalue weighted by molar-refractivity contribution is -0.115. The molecule has 0 radical (unpaired) electrons. The van der Waals surface area contributed by atoms with Crippen LogP contribution in [0.5, 0.6) is 0 Å². The van der Waals surface area contributed by atoms with Crippen LogP contribution in [-0.4, -0.2) is 26.8 Å². The van der Waals surface area contributed by atoms with Gasteiger partial charge < -0.3 is 5.32 Å². The van der Waals surface area contributed by atoms with E-state index >= 15 is 0 Å². The van der Waals surface area contributed by atoms with Gasteiger partial charge in [-0.1, -0.05) is 72.8 Å². The molecule has 180 valence electrons. The monoisotopic (exact) mass is 497 g/mol. The number of rotatable bonds is 6. The zero-order chi connectivity index (χ0) is 25.1. The van der Waals surface area contributed by atoms with Crippen molar-refractivity contribution in [2.75, 3.05) is 21.1 Å². The van der Waals surface area contributed by atoms with E-state index in [2.05, 4.69) is 5.32 Å². The highest BCUT2D eigenvalue weighted by Gasteiger charge is 2.32. The van der Waals surface area contributed by atoms with Gasteiger partial charge >= 0.3 is 0 Å². The maximum atomic E-state index is 13.9. The molecule has 0 saturated heterocycles. The summed E-state index contributed by atoms with van der Waals surface area (Å²) in [6.07, 6.45) is 0. The van der Waals surface area contributed by atoms with Crippen LogP contribution in [0.25, 0.3) is 0 Å². The summed E-state index contributed by atoms with van der Waals surface area (Å²) in [5.41, 5.74) is 2.26. The Kier molecular flexibility index (Phi) is 6.26. The van der Waals surface area contributed by atoms with Crippen LogP contribution >= 0.6 is 0 Å². The number of anilines is 3. The second kappa shape index (κ2) is 9.67. The average molecular weight is 498 g/mol. The first-order valence-corrected chi connectivity index (χ1v) is 12.8. The molecular formula is C28H23N3O4S. The maximum Gasteiger partial charge on any atom is 0.264 e. The minimum atomic E-state index is -4.03. The Balaban J connectivity index is 1.63. The Labute approximate surface area is 209 Å². The van der Waals surface area contributed by atoms with Gasteiger partial charge in [-0.05, 0) is 42.0 Å². The molecule has 5 rings (SSSR count). The van der Waals surface area contributed by atoms with Crippen molar-refractivity contribution in [2.45, 2.75) is 11.4 Å². The second-order valence-electron chi connectivity index (χ2n) is 8.28. The Bertz CT molecular complexity index is 1520. The molecule has 7 nitrogen and oxygen atoms in total. The summed E-state index contributed by atoms with van der Waals surface area (Å²) < 4.78 is 29.0. The molecule has 36 heavy (non-hydrogen) atoms. The number of para-hydroxylation sites is 3. The number of hydrogen-bond acceptors (Lipinski definition) is 4. The summed E-state index contributed by atoms with van der Waals surface area (Å²) in [6, 6.07) is 30.9. The van der Waals surface area contributed by atoms with Crippen molar-refractivity contribution >= 4 is 38.9 Å². The van der Waals surface area contributed by atoms with Crippen LogP contribution in [0.3, 0.4) is 0 Å². The number of carbonyl (C=O) groups is 2. The molecule has 1 heterocycles. The summed E-state index contributed by atoms with van der Waals surface area (Å²) in [4.78, 5) is 27.7. The highest BCUT2D eigenvalue weighted by atomic mass is 32.2. The summed E-state index contributed by atoms with van der Waals surface area (Å²) in [5.74, 6) is -0.785. The normalized spacial score (nSPS) is 13.0. The van der Waals surface area contributed by atoms with Crippen LogP contribution in [0, 0.1) is 0 Å². The first-order valence-electron chi connectivity index (χ1n) is 11.4. The van der Waals surface area contributed by atoms with Gasteiger partial charge in [0.05, 0.1) is 34.1 Å². The van der Waals surface area contributed by atoms with Gasteiger partial charge in [-0.2, -0.15) is 0 Å². The van der Waals surface area contributed by atoms with Crippen LogP contribution in [-0.2, 0) is 21.4 Å². The summed E-state index contributed by atoms with van der Waals surface area (Å²) in [7, 11) is -4.03. The van der Waals surface area contributed by atoms with Crippen molar-refractivity contribution in [3.8, 4) is 0 Å². The van der Waals surface area contributed by atoms with Crippen LogP contribution in [0.4, 0.5) is 17.1 Å². The number of hydrogen-bond donors (Lipinski definition) is 1. The third kappa shape index (κ3) is 4.46. The van der Waals surface area contributed by atoms with E-state index in [-0.39, 0.29) is 35.1 Å². The molecule has 0 aliphatic carbocycles. The predicted molar refractivity (Wildman–Crippen MR) is 139 cm³/mol. The Hall–Kier alpha value is -4.43. The number of sulfonamides is 1. The largest absolute Gasteiger partial charge is 0.323 e. The average Bonchev–Trinajstić information content (AvgIpc) is 2.92. The number of carbonyl (C=O) groups excluding carboxylic acids is 2. The highest BCUT2D eigenvalue weighted by molar-refractivity contribution is 7.92. The molecule has 1 aliphatic rings. The lowest BCUT2D eigenvalue weighted by Gasteiger charge is -2.31. The minimum absolute atomic E-state index is 0.0272. The molecule has 1 N–H and O–H groups in total. The van der Waals surface area contributed by atoms with Gasteiger partial charge in [-0.25, -0.2) is 8.42 Å². The van der Waals surface area contributed by atoms with Crippen molar-refractivity contribution < 1.29 is 18.0 Å². The SMILES string of the molecule is O=C1CN(C(=O)c2ccccc2N(Cc2ccccc2)S(=O)(=O)c2ccccc2)c2ccccc2N1. The quantitative estimate of drug-likeness (QED) is 0.419. The van der Waals surface area contributed by atoms with Crippen molar-refractivity contribution in [2.24, 2.45) is 0 Å². The molecule has 1 aliphatic heterocycles. The van der Waals surface area contributed by atoms with Crippen LogP contribution in [0.15, 0.2) is 114 Å². The van der Waals surface area contributed by atoms with E-state index in [0.717, 1.165) is 5.56 Å². The lowest BCUT2D eigenvalue weighted by atomic mass is 10.1. The second-order valence-corrected chi connectivity index (χ2v) is 10.1. The van der Waals surface area contributed by atoms with Gasteiger partial charge in [-0.3, -0.25) is 18.8 Å². The molecule has 4 aromatic carbocycles. The van der Waals surface area contributed by atoms with Crippen LogP contribution < -0.4 is 14.5 Å². The van der Waals surface area contributed by atoms with E-state index < -0.39 is 15.9 Å². The first-order chi connectivity index (χ1) is 17.4. The summed E-state index contributed by atoms with van der Waals surface area (Å²) in [5, 5.41) is 2.77. The molecule has 4 aromatic rings. The van der Waals surface area contributed by atoms with E-state index in [1.165, 1.54) is 21.3 Å². The zero-order valence-electron chi connectivity index (χ0n) is 19.2. The standard InChI is InChI=1S/C28H23N3O4S/c32-27-20-30(26-18-10-8-16-24(26)29-27)28(33)23-15-7-9-17-25(23)31(19-21-11-3-1-4-12-21)36(34,35)22-13-5-2-6-14-22/h1-18H,19-20H2,(H,29,32).